The number of aromatic nitrogens is 3. The van der Waals surface area contributed by atoms with Crippen molar-refractivity contribution in [2.24, 2.45) is 10.1 Å². The summed E-state index contributed by atoms with van der Waals surface area (Å²) in [7, 11) is 1.64. The molecule has 5 rings (SSSR count). The molecular formula is C26H23ClFN5O2S. The van der Waals surface area contributed by atoms with Crippen LogP contribution in [0.1, 0.15) is 16.8 Å². The highest BCUT2D eigenvalue weighted by Crippen LogP contribution is 2.28. The van der Waals surface area contributed by atoms with Gasteiger partial charge in [0, 0.05) is 17.9 Å². The highest BCUT2D eigenvalue weighted by molar-refractivity contribution is 7.07. The molecule has 5 aromatic rings. The standard InChI is InChI=1S/C26H23ClFN5O2S/c1-17-21(25(27)32(31-17)15-18-7-9-20(28)10-8-18)14-30-33-22(16-36-26(33)29-11-12-34-2)24-13-19-5-3-4-6-23(19)35-24/h3-10,13-14,16H,11-12,15H2,1-2H3. The van der Waals surface area contributed by atoms with Crippen LogP contribution in [0.5, 0.6) is 0 Å². The molecule has 184 valence electrons. The summed E-state index contributed by atoms with van der Waals surface area (Å²) in [6.07, 6.45) is 1.68. The SMILES string of the molecule is COCCN=c1scc(-c2cc3ccccc3o2)n1N=Cc1c(C)nn(Cc2ccc(F)cc2)c1Cl. The number of hydrogen-bond acceptors (Lipinski definition) is 6. The Labute approximate surface area is 215 Å². The summed E-state index contributed by atoms with van der Waals surface area (Å²) < 4.78 is 27.9. The van der Waals surface area contributed by atoms with Crippen molar-refractivity contribution in [1.82, 2.24) is 14.5 Å². The average Bonchev–Trinajstić information content (AvgIpc) is 3.55. The number of rotatable bonds is 8. The largest absolute Gasteiger partial charge is 0.454 e. The molecule has 0 aliphatic carbocycles. The average molecular weight is 524 g/mol. The number of aryl methyl sites for hydroxylation is 1. The predicted molar refractivity (Wildman–Crippen MR) is 140 cm³/mol. The number of para-hydroxylation sites is 1. The number of thiazole rings is 1. The van der Waals surface area contributed by atoms with Crippen LogP contribution in [0.2, 0.25) is 5.15 Å². The second kappa shape index (κ2) is 10.6. The van der Waals surface area contributed by atoms with Crippen molar-refractivity contribution in [3.63, 3.8) is 0 Å². The summed E-state index contributed by atoms with van der Waals surface area (Å²) in [4.78, 5) is 5.34. The first-order chi connectivity index (χ1) is 17.5. The smallest absolute Gasteiger partial charge is 0.206 e. The molecule has 7 nitrogen and oxygen atoms in total. The van der Waals surface area contributed by atoms with Gasteiger partial charge in [0.05, 0.1) is 37.2 Å². The topological polar surface area (TPSA) is 69.8 Å². The van der Waals surface area contributed by atoms with E-state index < -0.39 is 0 Å². The normalized spacial score (nSPS) is 12.4. The van der Waals surface area contributed by atoms with E-state index in [1.54, 1.807) is 34.8 Å². The van der Waals surface area contributed by atoms with Gasteiger partial charge in [-0.2, -0.15) is 10.2 Å². The molecule has 0 spiro atoms. The van der Waals surface area contributed by atoms with Crippen LogP contribution in [-0.2, 0) is 11.3 Å². The van der Waals surface area contributed by atoms with Crippen LogP contribution >= 0.6 is 22.9 Å². The fraction of sp³-hybridized carbons (Fsp3) is 0.192. The minimum atomic E-state index is -0.283. The molecule has 0 aliphatic heterocycles. The van der Waals surface area contributed by atoms with E-state index in [4.69, 9.17) is 25.9 Å². The number of benzene rings is 2. The lowest BCUT2D eigenvalue weighted by Gasteiger charge is -2.03. The summed E-state index contributed by atoms with van der Waals surface area (Å²) in [5.74, 6) is 0.404. The molecule has 36 heavy (non-hydrogen) atoms. The molecule has 0 N–H and O–H groups in total. The number of nitrogens with zero attached hydrogens (tertiary/aromatic N) is 5. The van der Waals surface area contributed by atoms with E-state index in [9.17, 15) is 4.39 Å². The van der Waals surface area contributed by atoms with Crippen molar-refractivity contribution in [3.8, 4) is 11.5 Å². The molecule has 0 radical (unpaired) electrons. The maximum atomic E-state index is 13.3. The van der Waals surface area contributed by atoms with Crippen LogP contribution in [0, 0.1) is 12.7 Å². The lowest BCUT2D eigenvalue weighted by molar-refractivity contribution is 0.207. The van der Waals surface area contributed by atoms with Crippen molar-refractivity contribution in [2.45, 2.75) is 13.5 Å². The Morgan fingerprint density at radius 1 is 1.19 bits per heavy atom. The van der Waals surface area contributed by atoms with Gasteiger partial charge in [-0.1, -0.05) is 41.9 Å². The van der Waals surface area contributed by atoms with E-state index in [0.717, 1.165) is 27.9 Å². The van der Waals surface area contributed by atoms with Crippen LogP contribution < -0.4 is 4.80 Å². The third-order valence-electron chi connectivity index (χ3n) is 5.56. The third-order valence-corrected chi connectivity index (χ3v) is 6.82. The van der Waals surface area contributed by atoms with Crippen LogP contribution in [0.25, 0.3) is 22.4 Å². The van der Waals surface area contributed by atoms with Crippen LogP contribution in [0.15, 0.2) is 74.5 Å². The third kappa shape index (κ3) is 5.04. The van der Waals surface area contributed by atoms with E-state index in [-0.39, 0.29) is 5.82 Å². The maximum absolute atomic E-state index is 13.3. The molecule has 2 aromatic carbocycles. The van der Waals surface area contributed by atoms with Crippen molar-refractivity contribution in [2.75, 3.05) is 20.3 Å². The minimum Gasteiger partial charge on any atom is -0.454 e. The molecule has 0 saturated heterocycles. The summed E-state index contributed by atoms with van der Waals surface area (Å²) >= 11 is 8.14. The van der Waals surface area contributed by atoms with Crippen molar-refractivity contribution in [1.29, 1.82) is 0 Å². The van der Waals surface area contributed by atoms with Crippen LogP contribution in [0.3, 0.4) is 0 Å². The molecule has 3 heterocycles. The first kappa shape index (κ1) is 24.2. The first-order valence-corrected chi connectivity index (χ1v) is 12.5. The highest BCUT2D eigenvalue weighted by Gasteiger charge is 2.15. The quantitative estimate of drug-likeness (QED) is 0.192. The lowest BCUT2D eigenvalue weighted by atomic mass is 10.2. The Hall–Kier alpha value is -3.53. The summed E-state index contributed by atoms with van der Waals surface area (Å²) in [6.45, 7) is 3.29. The van der Waals surface area contributed by atoms with Crippen LogP contribution in [0.4, 0.5) is 4.39 Å². The zero-order valence-electron chi connectivity index (χ0n) is 19.7. The van der Waals surface area contributed by atoms with E-state index in [1.807, 2.05) is 42.6 Å². The molecular weight excluding hydrogens is 501 g/mol. The van der Waals surface area contributed by atoms with Gasteiger partial charge < -0.3 is 9.15 Å². The lowest BCUT2D eigenvalue weighted by Crippen LogP contribution is -2.13. The Morgan fingerprint density at radius 3 is 2.78 bits per heavy atom. The fourth-order valence-corrected chi connectivity index (χ4v) is 4.85. The number of hydrogen-bond donors (Lipinski definition) is 0. The van der Waals surface area contributed by atoms with E-state index >= 15 is 0 Å². The Balaban J connectivity index is 1.52. The van der Waals surface area contributed by atoms with E-state index in [0.29, 0.717) is 41.0 Å². The van der Waals surface area contributed by atoms with Gasteiger partial charge in [0.15, 0.2) is 5.76 Å². The van der Waals surface area contributed by atoms with Gasteiger partial charge in [-0.25, -0.2) is 13.7 Å². The highest BCUT2D eigenvalue weighted by atomic mass is 35.5. The number of furan rings is 1. The second-order valence-corrected chi connectivity index (χ2v) is 9.25. The minimum absolute atomic E-state index is 0.283. The summed E-state index contributed by atoms with van der Waals surface area (Å²) in [6, 6.07) is 16.1. The Morgan fingerprint density at radius 2 is 2.00 bits per heavy atom. The van der Waals surface area contributed by atoms with E-state index in [2.05, 4.69) is 10.1 Å². The summed E-state index contributed by atoms with van der Waals surface area (Å²) in [5.41, 5.74) is 3.88. The first-order valence-electron chi connectivity index (χ1n) is 11.2. The van der Waals surface area contributed by atoms with Gasteiger partial charge in [0.2, 0.25) is 4.80 Å². The van der Waals surface area contributed by atoms with Gasteiger partial charge >= 0.3 is 0 Å². The van der Waals surface area contributed by atoms with Crippen LogP contribution in [-0.4, -0.2) is 40.9 Å². The second-order valence-electron chi connectivity index (χ2n) is 8.06. The molecule has 0 unspecified atom stereocenters. The maximum Gasteiger partial charge on any atom is 0.206 e. The number of halogens is 2. The van der Waals surface area contributed by atoms with E-state index in [1.165, 1.54) is 23.5 Å². The molecule has 0 fully saturated rings. The molecule has 0 bridgehead atoms. The molecule has 0 atom stereocenters. The number of fused-ring (bicyclic) bond motifs is 1. The van der Waals surface area contributed by atoms with Gasteiger partial charge in [-0.15, -0.1) is 11.3 Å². The van der Waals surface area contributed by atoms with Gasteiger partial charge in [-0.3, -0.25) is 4.99 Å². The molecule has 0 aliphatic rings. The predicted octanol–water partition coefficient (Wildman–Crippen LogP) is 5.74. The summed E-state index contributed by atoms with van der Waals surface area (Å²) in [5, 5.41) is 12.7. The fourth-order valence-electron chi connectivity index (χ4n) is 3.73. The van der Waals surface area contributed by atoms with Gasteiger partial charge in [0.25, 0.3) is 0 Å². The van der Waals surface area contributed by atoms with Crippen molar-refractivity contribution >= 4 is 40.1 Å². The molecule has 0 saturated carbocycles. The number of ether oxygens (including phenoxy) is 1. The zero-order valence-corrected chi connectivity index (χ0v) is 21.3. The Bertz CT molecular complexity index is 1560. The van der Waals surface area contributed by atoms with Gasteiger partial charge in [-0.05, 0) is 36.8 Å². The number of methoxy groups -OCH3 is 1. The molecule has 10 heteroatoms. The monoisotopic (exact) mass is 523 g/mol. The van der Waals surface area contributed by atoms with Crippen molar-refractivity contribution < 1.29 is 13.5 Å². The zero-order chi connectivity index (χ0) is 25.1. The molecule has 3 aromatic heterocycles. The van der Waals surface area contributed by atoms with Crippen molar-refractivity contribution in [3.05, 3.63) is 92.6 Å². The van der Waals surface area contributed by atoms with Gasteiger partial charge in [0.1, 0.15) is 22.2 Å². The molecule has 0 amide bonds. The Kier molecular flexibility index (Phi) is 7.13.